The molecule has 1 heterocycles. The summed E-state index contributed by atoms with van der Waals surface area (Å²) in [7, 11) is -7.59. The van der Waals surface area contributed by atoms with Crippen molar-refractivity contribution in [3.05, 3.63) is 64.5 Å². The summed E-state index contributed by atoms with van der Waals surface area (Å²) in [4.78, 5) is -0.0942. The van der Waals surface area contributed by atoms with Gasteiger partial charge in [0.2, 0.25) is 10.0 Å². The molecule has 0 aliphatic carbocycles. The van der Waals surface area contributed by atoms with E-state index in [-0.39, 0.29) is 15.6 Å². The van der Waals surface area contributed by atoms with Gasteiger partial charge in [-0.15, -0.1) is 0 Å². The summed E-state index contributed by atoms with van der Waals surface area (Å²) in [5.74, 6) is 0. The maximum absolute atomic E-state index is 12.9. The zero-order valence-electron chi connectivity index (χ0n) is 15.1. The Morgan fingerprint density at radius 1 is 0.929 bits per heavy atom. The van der Waals surface area contributed by atoms with E-state index in [9.17, 15) is 16.8 Å². The quantitative estimate of drug-likeness (QED) is 0.737. The van der Waals surface area contributed by atoms with E-state index >= 15 is 0 Å². The zero-order valence-corrected chi connectivity index (χ0v) is 17.5. The van der Waals surface area contributed by atoms with Gasteiger partial charge in [-0.3, -0.25) is 4.72 Å². The van der Waals surface area contributed by atoms with Gasteiger partial charge in [-0.1, -0.05) is 48.4 Å². The Hall–Kier alpha value is -1.87. The molecule has 28 heavy (non-hydrogen) atoms. The fourth-order valence-electron chi connectivity index (χ4n) is 2.94. The van der Waals surface area contributed by atoms with E-state index in [0.29, 0.717) is 13.1 Å². The van der Waals surface area contributed by atoms with Crippen molar-refractivity contribution in [1.29, 1.82) is 0 Å². The fraction of sp³-hybridized carbons (Fsp3) is 0.263. The Bertz CT molecular complexity index is 1060. The monoisotopic (exact) mass is 440 g/mol. The number of hydrogen-bond acceptors (Lipinski definition) is 4. The molecule has 0 bridgehead atoms. The number of nitrogens with zero attached hydrogens (tertiary/aromatic N) is 1. The molecular formula is C19H21ClN2O4S2. The smallest absolute Gasteiger partial charge is 0.255 e. The first-order valence-corrected chi connectivity index (χ1v) is 12.2. The SMILES string of the molecule is O=S(=O)(/C=C/c1ccccc1)Nc1ccc(Cl)c(S(=O)(=O)N2CCCCC2)c1. The lowest BCUT2D eigenvalue weighted by molar-refractivity contribution is 0.346. The minimum atomic E-state index is -3.81. The highest BCUT2D eigenvalue weighted by molar-refractivity contribution is 7.95. The summed E-state index contributed by atoms with van der Waals surface area (Å²) in [6, 6.07) is 13.1. The van der Waals surface area contributed by atoms with Crippen LogP contribution in [0.3, 0.4) is 0 Å². The van der Waals surface area contributed by atoms with Crippen LogP contribution in [0.15, 0.2) is 58.8 Å². The summed E-state index contributed by atoms with van der Waals surface area (Å²) in [6.45, 7) is 0.878. The van der Waals surface area contributed by atoms with Crippen LogP contribution in [0.1, 0.15) is 24.8 Å². The van der Waals surface area contributed by atoms with Crippen LogP contribution in [0, 0.1) is 0 Å². The van der Waals surface area contributed by atoms with E-state index < -0.39 is 20.0 Å². The molecule has 0 amide bonds. The number of nitrogens with one attached hydrogen (secondary N) is 1. The van der Waals surface area contributed by atoms with Gasteiger partial charge in [0.1, 0.15) is 4.90 Å². The molecular weight excluding hydrogens is 420 g/mol. The second-order valence-corrected chi connectivity index (χ2v) is 10.4. The van der Waals surface area contributed by atoms with Crippen molar-refractivity contribution in [3.63, 3.8) is 0 Å². The summed E-state index contributed by atoms with van der Waals surface area (Å²) in [5.41, 5.74) is 0.870. The minimum Gasteiger partial charge on any atom is -0.280 e. The lowest BCUT2D eigenvalue weighted by atomic mass is 10.2. The van der Waals surface area contributed by atoms with Crippen LogP contribution < -0.4 is 4.72 Å². The van der Waals surface area contributed by atoms with E-state index in [2.05, 4.69) is 4.72 Å². The summed E-state index contributed by atoms with van der Waals surface area (Å²) in [6.07, 6.45) is 4.05. The molecule has 9 heteroatoms. The highest BCUT2D eigenvalue weighted by Crippen LogP contribution is 2.29. The van der Waals surface area contributed by atoms with E-state index in [1.54, 1.807) is 24.3 Å². The maximum atomic E-state index is 12.9. The Morgan fingerprint density at radius 3 is 2.29 bits per heavy atom. The molecule has 1 fully saturated rings. The van der Waals surface area contributed by atoms with Crippen molar-refractivity contribution in [2.45, 2.75) is 24.2 Å². The molecule has 1 saturated heterocycles. The predicted molar refractivity (Wildman–Crippen MR) is 112 cm³/mol. The highest BCUT2D eigenvalue weighted by atomic mass is 35.5. The number of hydrogen-bond donors (Lipinski definition) is 1. The van der Waals surface area contributed by atoms with Crippen LogP contribution in [0.4, 0.5) is 5.69 Å². The second-order valence-electron chi connectivity index (χ2n) is 6.47. The van der Waals surface area contributed by atoms with Gasteiger partial charge in [-0.25, -0.2) is 16.8 Å². The van der Waals surface area contributed by atoms with Gasteiger partial charge in [0.05, 0.1) is 16.1 Å². The standard InChI is InChI=1S/C19H21ClN2O4S2/c20-18-10-9-17(15-19(18)28(25,26)22-12-5-2-6-13-22)21-27(23,24)14-11-16-7-3-1-4-8-16/h1,3-4,7-11,14-15,21H,2,5-6,12-13H2/b14-11+. The maximum Gasteiger partial charge on any atom is 0.255 e. The van der Waals surface area contributed by atoms with Crippen LogP contribution in [0.2, 0.25) is 5.02 Å². The normalized spacial score (nSPS) is 16.3. The third-order valence-electron chi connectivity index (χ3n) is 4.36. The number of halogens is 1. The van der Waals surface area contributed by atoms with Crippen molar-refractivity contribution < 1.29 is 16.8 Å². The first-order chi connectivity index (χ1) is 13.3. The third kappa shape index (κ3) is 5.14. The molecule has 2 aromatic carbocycles. The zero-order chi connectivity index (χ0) is 20.2. The lowest BCUT2D eigenvalue weighted by Gasteiger charge is -2.26. The molecule has 3 rings (SSSR count). The van der Waals surface area contributed by atoms with Gasteiger partial charge in [0, 0.05) is 13.1 Å². The molecule has 0 aromatic heterocycles. The van der Waals surface area contributed by atoms with Crippen molar-refractivity contribution in [2.75, 3.05) is 17.8 Å². The molecule has 1 aliphatic heterocycles. The second kappa shape index (κ2) is 8.65. The molecule has 0 spiro atoms. The Kier molecular flexibility index (Phi) is 6.44. The molecule has 1 aliphatic rings. The average Bonchev–Trinajstić information content (AvgIpc) is 2.69. The number of anilines is 1. The van der Waals surface area contributed by atoms with E-state index in [0.717, 1.165) is 30.2 Å². The Balaban J connectivity index is 1.84. The number of sulfonamides is 2. The topological polar surface area (TPSA) is 83.5 Å². The van der Waals surface area contributed by atoms with E-state index in [1.165, 1.54) is 28.6 Å². The lowest BCUT2D eigenvalue weighted by Crippen LogP contribution is -2.35. The molecule has 0 radical (unpaired) electrons. The number of rotatable bonds is 6. The fourth-order valence-corrected chi connectivity index (χ4v) is 5.82. The average molecular weight is 441 g/mol. The van der Waals surface area contributed by atoms with Crippen LogP contribution in [-0.4, -0.2) is 34.2 Å². The predicted octanol–water partition coefficient (Wildman–Crippen LogP) is 3.93. The summed E-state index contributed by atoms with van der Waals surface area (Å²) >= 11 is 6.12. The third-order valence-corrected chi connectivity index (χ3v) is 7.76. The summed E-state index contributed by atoms with van der Waals surface area (Å²) in [5, 5.41) is 1.10. The van der Waals surface area contributed by atoms with Crippen LogP contribution >= 0.6 is 11.6 Å². The van der Waals surface area contributed by atoms with Crippen LogP contribution in [0.25, 0.3) is 6.08 Å². The Labute approximate surface area is 170 Å². The first kappa shape index (κ1) is 20.9. The van der Waals surface area contributed by atoms with E-state index in [4.69, 9.17) is 11.6 Å². The van der Waals surface area contributed by atoms with Gasteiger partial charge < -0.3 is 0 Å². The molecule has 150 valence electrons. The minimum absolute atomic E-state index is 0.0633. The summed E-state index contributed by atoms with van der Waals surface area (Å²) < 4.78 is 54.2. The van der Waals surface area contributed by atoms with Crippen molar-refractivity contribution >= 4 is 43.4 Å². The Morgan fingerprint density at radius 2 is 1.61 bits per heavy atom. The van der Waals surface area contributed by atoms with Crippen molar-refractivity contribution in [3.8, 4) is 0 Å². The molecule has 0 saturated carbocycles. The number of benzene rings is 2. The van der Waals surface area contributed by atoms with E-state index in [1.807, 2.05) is 6.07 Å². The largest absolute Gasteiger partial charge is 0.280 e. The number of piperidine rings is 1. The molecule has 6 nitrogen and oxygen atoms in total. The van der Waals surface area contributed by atoms with Gasteiger partial charge in [-0.2, -0.15) is 4.31 Å². The van der Waals surface area contributed by atoms with Gasteiger partial charge in [0.15, 0.2) is 0 Å². The van der Waals surface area contributed by atoms with Crippen molar-refractivity contribution in [2.24, 2.45) is 0 Å². The van der Waals surface area contributed by atoms with Gasteiger partial charge in [-0.05, 0) is 42.7 Å². The molecule has 1 N–H and O–H groups in total. The first-order valence-electron chi connectivity index (χ1n) is 8.84. The molecule has 0 atom stereocenters. The van der Waals surface area contributed by atoms with Crippen molar-refractivity contribution in [1.82, 2.24) is 4.31 Å². The molecule has 0 unspecified atom stereocenters. The van der Waals surface area contributed by atoms with Gasteiger partial charge >= 0.3 is 0 Å². The van der Waals surface area contributed by atoms with Gasteiger partial charge in [0.25, 0.3) is 10.0 Å². The highest BCUT2D eigenvalue weighted by Gasteiger charge is 2.28. The molecule has 2 aromatic rings. The van der Waals surface area contributed by atoms with Crippen LogP contribution in [0.5, 0.6) is 0 Å². The van der Waals surface area contributed by atoms with Crippen LogP contribution in [-0.2, 0) is 20.0 Å².